The first-order chi connectivity index (χ1) is 2.41. The van der Waals surface area contributed by atoms with Crippen LogP contribution in [0, 0.1) is 0 Å². The van der Waals surface area contributed by atoms with E-state index < -0.39 is 0 Å². The zero-order chi connectivity index (χ0) is 4.12. The fourth-order valence-corrected chi connectivity index (χ4v) is 0.842. The van der Waals surface area contributed by atoms with Gasteiger partial charge in [0, 0.05) is 0 Å². The number of hydrogen-bond donors (Lipinski definition) is 0. The molecule has 0 aromatic carbocycles. The van der Waals surface area contributed by atoms with Gasteiger partial charge in [-0.2, -0.15) is 0 Å². The van der Waals surface area contributed by atoms with Crippen molar-refractivity contribution >= 4 is 0 Å². The SMILES string of the molecule is C.C[CH2][Cr][CH2]C. The standard InChI is InChI=1S/2C2H5.CH4.Cr/c2*1-2;;/h2*1H2,2H3;1H4;. The maximum absolute atomic E-state index is 2.24. The van der Waals surface area contributed by atoms with Crippen LogP contribution in [-0.4, -0.2) is 0 Å². The van der Waals surface area contributed by atoms with Crippen LogP contribution in [0.4, 0.5) is 0 Å². The van der Waals surface area contributed by atoms with E-state index in [0.717, 1.165) is 15.2 Å². The van der Waals surface area contributed by atoms with Crippen LogP contribution in [0.15, 0.2) is 0 Å². The summed E-state index contributed by atoms with van der Waals surface area (Å²) in [6.45, 7) is 4.48. The fourth-order valence-electron chi connectivity index (χ4n) is 0.204. The van der Waals surface area contributed by atoms with Crippen molar-refractivity contribution in [3.63, 3.8) is 0 Å². The van der Waals surface area contributed by atoms with E-state index in [4.69, 9.17) is 0 Å². The molecule has 0 radical (unpaired) electrons. The molecule has 0 saturated carbocycles. The molecular weight excluding hydrogens is 112 g/mol. The van der Waals surface area contributed by atoms with Crippen molar-refractivity contribution in [3.8, 4) is 0 Å². The summed E-state index contributed by atoms with van der Waals surface area (Å²) >= 11 is 0.958. The topological polar surface area (TPSA) is 0 Å². The Morgan fingerprint density at radius 1 is 1.17 bits per heavy atom. The quantitative estimate of drug-likeness (QED) is 0.533. The van der Waals surface area contributed by atoms with Crippen LogP contribution in [0.3, 0.4) is 0 Å². The van der Waals surface area contributed by atoms with Gasteiger partial charge in [0.15, 0.2) is 0 Å². The second-order valence-corrected chi connectivity index (χ2v) is 3.22. The van der Waals surface area contributed by atoms with Gasteiger partial charge in [0.25, 0.3) is 0 Å². The predicted octanol–water partition coefficient (Wildman–Crippen LogP) is 2.58. The first-order valence-corrected chi connectivity index (χ1v) is 3.79. The molecule has 0 saturated heterocycles. The second kappa shape index (κ2) is 9.11. The number of hydrogen-bond acceptors (Lipinski definition) is 0. The average molecular weight is 126 g/mol. The van der Waals surface area contributed by atoms with Crippen molar-refractivity contribution in [1.29, 1.82) is 0 Å². The molecule has 1 heteroatoms. The van der Waals surface area contributed by atoms with Crippen LogP contribution in [0.1, 0.15) is 21.3 Å². The first kappa shape index (κ1) is 9.73. The van der Waals surface area contributed by atoms with Gasteiger partial charge in [0.2, 0.25) is 0 Å². The third kappa shape index (κ3) is 8.82. The molecule has 0 heterocycles. The summed E-state index contributed by atoms with van der Waals surface area (Å²) in [5, 5.41) is 2.81. The maximum atomic E-state index is 2.24. The van der Waals surface area contributed by atoms with Gasteiger partial charge in [0.05, 0.1) is 0 Å². The molecule has 0 bridgehead atoms. The van der Waals surface area contributed by atoms with Crippen molar-refractivity contribution in [1.82, 2.24) is 0 Å². The normalized spacial score (nSPS) is 7.00. The van der Waals surface area contributed by atoms with E-state index in [0.29, 0.717) is 0 Å². The van der Waals surface area contributed by atoms with Crippen LogP contribution in [-0.2, 0) is 15.2 Å². The zero-order valence-electron chi connectivity index (χ0n) is 3.82. The zero-order valence-corrected chi connectivity index (χ0v) is 5.10. The van der Waals surface area contributed by atoms with Crippen molar-refractivity contribution in [2.24, 2.45) is 0 Å². The van der Waals surface area contributed by atoms with Crippen LogP contribution >= 0.6 is 0 Å². The van der Waals surface area contributed by atoms with Crippen LogP contribution in [0.25, 0.3) is 0 Å². The molecule has 40 valence electrons. The molecular formula is C5H14Cr. The van der Waals surface area contributed by atoms with E-state index in [9.17, 15) is 0 Å². The number of rotatable bonds is 2. The van der Waals surface area contributed by atoms with E-state index in [1.165, 1.54) is 10.6 Å². The Labute approximate surface area is 47.7 Å². The summed E-state index contributed by atoms with van der Waals surface area (Å²) in [5.74, 6) is 0. The summed E-state index contributed by atoms with van der Waals surface area (Å²) in [7, 11) is 0. The molecule has 0 atom stereocenters. The van der Waals surface area contributed by atoms with Crippen molar-refractivity contribution in [2.75, 3.05) is 0 Å². The van der Waals surface area contributed by atoms with E-state index >= 15 is 0 Å². The van der Waals surface area contributed by atoms with E-state index in [1.807, 2.05) is 0 Å². The molecule has 0 nitrogen and oxygen atoms in total. The summed E-state index contributed by atoms with van der Waals surface area (Å²) < 4.78 is 0. The third-order valence-corrected chi connectivity index (χ3v) is 1.68. The molecule has 0 aromatic heterocycles. The molecule has 0 fully saturated rings. The Morgan fingerprint density at radius 3 is 1.50 bits per heavy atom. The van der Waals surface area contributed by atoms with Gasteiger partial charge >= 0.3 is 39.6 Å². The van der Waals surface area contributed by atoms with Crippen molar-refractivity contribution in [2.45, 2.75) is 31.8 Å². The van der Waals surface area contributed by atoms with Crippen LogP contribution < -0.4 is 0 Å². The van der Waals surface area contributed by atoms with Crippen LogP contribution in [0.5, 0.6) is 0 Å². The van der Waals surface area contributed by atoms with E-state index in [1.54, 1.807) is 0 Å². The molecule has 0 aromatic rings. The van der Waals surface area contributed by atoms with Gasteiger partial charge in [-0.3, -0.25) is 0 Å². The molecule has 6 heavy (non-hydrogen) atoms. The molecule has 0 aliphatic heterocycles. The van der Waals surface area contributed by atoms with Crippen molar-refractivity contribution in [3.05, 3.63) is 0 Å². The second-order valence-electron chi connectivity index (χ2n) is 0.781. The monoisotopic (exact) mass is 126 g/mol. The minimum atomic E-state index is 0. The fraction of sp³-hybridized carbons (Fsp3) is 1.00. The molecule has 0 aliphatic rings. The van der Waals surface area contributed by atoms with Gasteiger partial charge in [0.1, 0.15) is 0 Å². The van der Waals surface area contributed by atoms with Gasteiger partial charge in [-0.05, 0) is 0 Å². The molecule has 0 unspecified atom stereocenters. The summed E-state index contributed by atoms with van der Waals surface area (Å²) in [5.41, 5.74) is 0. The van der Waals surface area contributed by atoms with Crippen molar-refractivity contribution < 1.29 is 15.2 Å². The molecule has 0 N–H and O–H groups in total. The Bertz CT molecular complexity index is 11.4. The molecule has 0 amide bonds. The Balaban J connectivity index is 0. The van der Waals surface area contributed by atoms with Gasteiger partial charge in [-0.1, -0.05) is 7.43 Å². The Kier molecular flexibility index (Phi) is 14.8. The third-order valence-electron chi connectivity index (χ3n) is 0.408. The molecule has 0 aliphatic carbocycles. The summed E-state index contributed by atoms with van der Waals surface area (Å²) in [4.78, 5) is 0. The summed E-state index contributed by atoms with van der Waals surface area (Å²) in [6.07, 6.45) is 0. The van der Waals surface area contributed by atoms with E-state index in [-0.39, 0.29) is 7.43 Å². The first-order valence-electron chi connectivity index (χ1n) is 1.99. The molecule has 0 spiro atoms. The van der Waals surface area contributed by atoms with Gasteiger partial charge < -0.3 is 0 Å². The van der Waals surface area contributed by atoms with Gasteiger partial charge in [-0.25, -0.2) is 0 Å². The minimum absolute atomic E-state index is 0. The Morgan fingerprint density at radius 2 is 1.50 bits per heavy atom. The average Bonchev–Trinajstić information content (AvgIpc) is 1.41. The predicted molar refractivity (Wildman–Crippen MR) is 27.7 cm³/mol. The summed E-state index contributed by atoms with van der Waals surface area (Å²) in [6, 6.07) is 0. The van der Waals surface area contributed by atoms with E-state index in [2.05, 4.69) is 13.8 Å². The molecule has 0 rings (SSSR count). The van der Waals surface area contributed by atoms with Crippen LogP contribution in [0.2, 0.25) is 10.6 Å². The van der Waals surface area contributed by atoms with Gasteiger partial charge in [-0.15, -0.1) is 0 Å². The Hall–Kier alpha value is 0.532.